The van der Waals surface area contributed by atoms with Crippen LogP contribution in [0.25, 0.3) is 44.7 Å². The molecule has 0 amide bonds. The van der Waals surface area contributed by atoms with Crippen LogP contribution >= 0.6 is 0 Å². The molecule has 20 heteroatoms. The maximum atomic E-state index is 12.0. The number of nitrogens with zero attached hydrogens (tertiary/aromatic N) is 8. The van der Waals surface area contributed by atoms with Crippen molar-refractivity contribution in [2.75, 3.05) is 0 Å². The van der Waals surface area contributed by atoms with E-state index < -0.39 is 0 Å². The summed E-state index contributed by atoms with van der Waals surface area (Å²) in [6.45, 7) is 17.2. The molecule has 0 bridgehead atoms. The van der Waals surface area contributed by atoms with Crippen molar-refractivity contribution in [2.45, 2.75) is 79.1 Å². The van der Waals surface area contributed by atoms with E-state index in [0.717, 1.165) is 23.0 Å². The number of benzene rings is 4. The van der Waals surface area contributed by atoms with Crippen LogP contribution in [0.2, 0.25) is 0 Å². The van der Waals surface area contributed by atoms with Gasteiger partial charge in [0.1, 0.15) is 45.1 Å². The summed E-state index contributed by atoms with van der Waals surface area (Å²) >= 11 is 0. The van der Waals surface area contributed by atoms with Gasteiger partial charge in [0.05, 0.1) is 0 Å². The van der Waals surface area contributed by atoms with Crippen LogP contribution in [0.3, 0.4) is 0 Å². The molecule has 4 aromatic carbocycles. The molecule has 0 aliphatic rings. The third kappa shape index (κ3) is 13.1. The van der Waals surface area contributed by atoms with Crippen molar-refractivity contribution < 1.29 is 18.9 Å². The van der Waals surface area contributed by atoms with E-state index in [1.807, 2.05) is 72.8 Å². The Bertz CT molecular complexity index is 4460. The topological polar surface area (TPSA) is 240 Å². The average Bonchev–Trinajstić information content (AvgIpc) is 4.34. The first kappa shape index (κ1) is 58.4. The predicted octanol–water partition coefficient (Wildman–Crippen LogP) is 12.7. The number of pyridine rings is 4. The Hall–Kier alpha value is -10.2. The molecule has 84 heavy (non-hydrogen) atoms. The van der Waals surface area contributed by atoms with Gasteiger partial charge in [0.15, 0.2) is 45.6 Å². The smallest absolute Gasteiger partial charge is 0.329 e. The Labute approximate surface area is 483 Å². The predicted molar refractivity (Wildman–Crippen MR) is 328 cm³/mol. The normalized spacial score (nSPS) is 11.2. The van der Waals surface area contributed by atoms with Crippen LogP contribution in [0.4, 0.5) is 0 Å². The number of fused-ring (bicyclic) bond motifs is 4. The highest BCUT2D eigenvalue weighted by molar-refractivity contribution is 5.81. The van der Waals surface area contributed by atoms with Crippen LogP contribution in [0.15, 0.2) is 165 Å². The molecule has 0 fully saturated rings. The third-order valence-electron chi connectivity index (χ3n) is 14.1. The summed E-state index contributed by atoms with van der Waals surface area (Å²) < 4.78 is 29.6. The van der Waals surface area contributed by atoms with Crippen LogP contribution in [0.1, 0.15) is 101 Å². The van der Waals surface area contributed by atoms with E-state index in [9.17, 15) is 19.2 Å². The quantitative estimate of drug-likeness (QED) is 0.0893. The number of aromatic amines is 4. The summed E-state index contributed by atoms with van der Waals surface area (Å²) in [6.07, 6.45) is 6.51. The largest absolute Gasteiger partial charge is 0.455 e. The van der Waals surface area contributed by atoms with E-state index in [0.29, 0.717) is 91.3 Å². The zero-order valence-corrected chi connectivity index (χ0v) is 49.0. The summed E-state index contributed by atoms with van der Waals surface area (Å²) in [5, 5.41) is 0. The summed E-state index contributed by atoms with van der Waals surface area (Å²) in [6, 6.07) is 38.9. The second-order valence-electron chi connectivity index (χ2n) is 21.3. The molecule has 432 valence electrons. The molecule has 0 unspecified atom stereocenters. The number of nitrogens with one attached hydrogen (secondary N) is 4. The fraction of sp³-hybridized carbons (Fsp3) is 0.250. The van der Waals surface area contributed by atoms with Crippen molar-refractivity contribution in [3.63, 3.8) is 0 Å². The van der Waals surface area contributed by atoms with Crippen LogP contribution in [0, 0.1) is 0 Å². The van der Waals surface area contributed by atoms with Crippen molar-refractivity contribution in [1.82, 2.24) is 58.1 Å². The van der Waals surface area contributed by atoms with Gasteiger partial charge < -0.3 is 28.9 Å². The monoisotopic (exact) mass is 1130 g/mol. The summed E-state index contributed by atoms with van der Waals surface area (Å²) in [7, 11) is 6.80. The van der Waals surface area contributed by atoms with Crippen LogP contribution < -0.4 is 41.7 Å². The molecule has 0 spiro atoms. The minimum Gasteiger partial charge on any atom is -0.455 e. The molecule has 8 heterocycles. The zero-order valence-electron chi connectivity index (χ0n) is 49.0. The lowest BCUT2D eigenvalue weighted by atomic mass is 10.0. The van der Waals surface area contributed by atoms with Crippen molar-refractivity contribution >= 4 is 44.7 Å². The Morgan fingerprint density at radius 3 is 1.17 bits per heavy atom. The molecule has 0 aliphatic carbocycles. The van der Waals surface area contributed by atoms with E-state index in [1.54, 1.807) is 81.8 Å². The average molecular weight is 1130 g/mol. The highest BCUT2D eigenvalue weighted by atomic mass is 16.5. The van der Waals surface area contributed by atoms with Gasteiger partial charge in [-0.3, -0.25) is 28.2 Å². The maximum absolute atomic E-state index is 12.0. The number of aromatic nitrogens is 12. The molecule has 0 saturated carbocycles. The third-order valence-corrected chi connectivity index (χ3v) is 14.1. The summed E-state index contributed by atoms with van der Waals surface area (Å²) in [5.74, 6) is 7.28. The molecule has 4 N–H and O–H groups in total. The minimum atomic E-state index is -0.293. The summed E-state index contributed by atoms with van der Waals surface area (Å²) in [5.41, 5.74) is 8.98. The van der Waals surface area contributed by atoms with Crippen molar-refractivity contribution in [3.05, 3.63) is 210 Å². The molecule has 12 rings (SSSR count). The van der Waals surface area contributed by atoms with Gasteiger partial charge in [-0.15, -0.1) is 0 Å². The number of hydrogen-bond acceptors (Lipinski definition) is 12. The molecule has 8 aromatic heterocycles. The van der Waals surface area contributed by atoms with Gasteiger partial charge in [0.25, 0.3) is 0 Å². The zero-order chi connectivity index (χ0) is 59.9. The van der Waals surface area contributed by atoms with E-state index in [2.05, 4.69) is 120 Å². The van der Waals surface area contributed by atoms with Crippen molar-refractivity contribution in [3.8, 4) is 46.0 Å². The van der Waals surface area contributed by atoms with E-state index >= 15 is 0 Å². The number of H-pyrrole nitrogens is 4. The molecule has 20 nitrogen and oxygen atoms in total. The highest BCUT2D eigenvalue weighted by Gasteiger charge is 2.16. The van der Waals surface area contributed by atoms with E-state index in [-0.39, 0.29) is 22.8 Å². The van der Waals surface area contributed by atoms with Crippen LogP contribution in [-0.2, 0) is 28.2 Å². The van der Waals surface area contributed by atoms with Gasteiger partial charge in [-0.2, -0.15) is 0 Å². The first-order valence-corrected chi connectivity index (χ1v) is 27.5. The lowest BCUT2D eigenvalue weighted by Crippen LogP contribution is -2.19. The van der Waals surface area contributed by atoms with Crippen molar-refractivity contribution in [1.29, 1.82) is 0 Å². The number of hydrogen-bond donors (Lipinski definition) is 4. The first-order valence-electron chi connectivity index (χ1n) is 27.5. The molecule has 0 radical (unpaired) electrons. The van der Waals surface area contributed by atoms with Gasteiger partial charge in [0, 0.05) is 77.2 Å². The fourth-order valence-electron chi connectivity index (χ4n) is 9.07. The summed E-state index contributed by atoms with van der Waals surface area (Å²) in [4.78, 5) is 74.1. The SMILES string of the molecule is CC(C)c1ccc(Oc2ccnc3[nH]c(=O)[nH]c23)cc1.CC(C)c1ccc(Oc2ccnc3[nH]c(=O)n(C)c23)cc1.CC(C)c1ccc(Oc2ccnc3c2[nH]c(=O)n3C)cc1.CC(C)c1ccc(Oc2ccnc3c2n(C)c(=O)n3C)cc1. The highest BCUT2D eigenvalue weighted by Crippen LogP contribution is 2.32. The fourth-order valence-corrected chi connectivity index (χ4v) is 9.07. The number of imidazole rings is 4. The minimum absolute atomic E-state index is 0.117. The lowest BCUT2D eigenvalue weighted by molar-refractivity contribution is 0.484. The molecule has 0 saturated heterocycles. The molecule has 0 atom stereocenters. The number of aryl methyl sites for hydroxylation is 4. The van der Waals surface area contributed by atoms with Gasteiger partial charge in [-0.05, 0) is 94.5 Å². The Morgan fingerprint density at radius 1 is 0.345 bits per heavy atom. The molecular formula is C64H68N12O8. The second-order valence-corrected chi connectivity index (χ2v) is 21.3. The van der Waals surface area contributed by atoms with Crippen LogP contribution in [0.5, 0.6) is 46.0 Å². The Morgan fingerprint density at radius 2 is 0.714 bits per heavy atom. The van der Waals surface area contributed by atoms with Gasteiger partial charge in [-0.1, -0.05) is 104 Å². The Kier molecular flexibility index (Phi) is 17.6. The molecule has 12 aromatic rings. The maximum Gasteiger partial charge on any atom is 0.329 e. The lowest BCUT2D eigenvalue weighted by Gasteiger charge is -2.09. The number of rotatable bonds is 12. The molecule has 0 aliphatic heterocycles. The van der Waals surface area contributed by atoms with Gasteiger partial charge in [-0.25, -0.2) is 39.1 Å². The van der Waals surface area contributed by atoms with Gasteiger partial charge in [0.2, 0.25) is 0 Å². The first-order chi connectivity index (χ1) is 40.2. The standard InChI is InChI=1S/C17H19N3O2.2C16H17N3O2.C15H15N3O2/c1-11(2)12-5-7-13(8-6-12)22-14-9-10-18-16-15(14)19(3)17(21)20(16)4;1-10(2)11-4-6-12(7-5-11)21-13-8-9-17-15-14(13)19(3)16(20)18-15;1-10(2)11-4-6-12(7-5-11)21-13-8-9-17-15-14(13)18-16(20)19(15)3;1-9(2)10-3-5-11(6-4-10)20-12-7-8-16-14-13(12)17-15(19)18-14/h5-11H,1-4H3;4-10H,1-3H3,(H,17,18,20);4-10H,1-3H3,(H,18,20);3-9H,1-2H3,(H2,16,17,18,19). The molecular weight excluding hydrogens is 1060 g/mol. The number of ether oxygens (including phenoxy) is 4. The Balaban J connectivity index is 0.000000134. The van der Waals surface area contributed by atoms with E-state index in [4.69, 9.17) is 18.9 Å². The van der Waals surface area contributed by atoms with Crippen LogP contribution in [-0.4, -0.2) is 58.1 Å². The van der Waals surface area contributed by atoms with Gasteiger partial charge >= 0.3 is 22.8 Å². The van der Waals surface area contributed by atoms with Crippen molar-refractivity contribution in [2.24, 2.45) is 28.2 Å². The second kappa shape index (κ2) is 25.3. The van der Waals surface area contributed by atoms with E-state index in [1.165, 1.54) is 36.0 Å².